The molecule has 29 heavy (non-hydrogen) atoms. The number of rotatable bonds is 4. The zero-order valence-corrected chi connectivity index (χ0v) is 14.9. The molecule has 0 radical (unpaired) electrons. The number of hydrazone groups is 1. The van der Waals surface area contributed by atoms with Crippen LogP contribution < -0.4 is 14.9 Å². The van der Waals surface area contributed by atoms with E-state index in [-0.39, 0.29) is 23.6 Å². The second-order valence-electron chi connectivity index (χ2n) is 6.30. The van der Waals surface area contributed by atoms with Gasteiger partial charge in [-0.2, -0.15) is 5.10 Å². The van der Waals surface area contributed by atoms with E-state index in [1.165, 1.54) is 12.1 Å². The second kappa shape index (κ2) is 7.47. The molecule has 2 N–H and O–H groups in total. The highest BCUT2D eigenvalue weighted by Gasteiger charge is 2.27. The lowest BCUT2D eigenvalue weighted by Gasteiger charge is -2.25. The van der Waals surface area contributed by atoms with E-state index < -0.39 is 16.9 Å². The topological polar surface area (TPSA) is 123 Å². The van der Waals surface area contributed by atoms with E-state index in [1.54, 1.807) is 6.07 Å². The number of hydrogen-bond donors (Lipinski definition) is 2. The van der Waals surface area contributed by atoms with E-state index in [4.69, 9.17) is 9.47 Å². The summed E-state index contributed by atoms with van der Waals surface area (Å²) >= 11 is 0. The SMILES string of the molecule is O=C(N/N=C/c1cc([N+](=O)[O-])ccc1O)C1COc2cc3ccccc3cc2O1. The highest BCUT2D eigenvalue weighted by atomic mass is 16.6. The van der Waals surface area contributed by atoms with E-state index in [9.17, 15) is 20.0 Å². The highest BCUT2D eigenvalue weighted by Crippen LogP contribution is 2.35. The van der Waals surface area contributed by atoms with Crippen LogP contribution in [0.3, 0.4) is 0 Å². The third-order valence-electron chi connectivity index (χ3n) is 4.36. The molecule has 1 amide bonds. The van der Waals surface area contributed by atoms with Crippen LogP contribution in [0.1, 0.15) is 5.56 Å². The number of phenols is 1. The van der Waals surface area contributed by atoms with Crippen molar-refractivity contribution in [1.82, 2.24) is 5.43 Å². The molecule has 0 saturated carbocycles. The van der Waals surface area contributed by atoms with Gasteiger partial charge in [-0.25, -0.2) is 5.43 Å². The molecular weight excluding hydrogens is 378 g/mol. The Hall–Kier alpha value is -4.14. The van der Waals surface area contributed by atoms with Crippen LogP contribution in [0.5, 0.6) is 17.2 Å². The van der Waals surface area contributed by atoms with Gasteiger partial charge in [0.05, 0.1) is 11.1 Å². The third kappa shape index (κ3) is 3.79. The largest absolute Gasteiger partial charge is 0.507 e. The number of fused-ring (bicyclic) bond motifs is 2. The fourth-order valence-electron chi connectivity index (χ4n) is 2.88. The monoisotopic (exact) mass is 393 g/mol. The number of amides is 1. The van der Waals surface area contributed by atoms with Gasteiger partial charge in [-0.15, -0.1) is 0 Å². The standard InChI is InChI=1S/C20H15N3O6/c24-16-6-5-15(23(26)27)7-14(16)10-21-22-20(25)19-11-28-17-8-12-3-1-2-4-13(12)9-18(17)29-19/h1-10,19,24H,11H2,(H,22,25)/b21-10+. The Morgan fingerprint density at radius 3 is 2.62 bits per heavy atom. The average Bonchev–Trinajstić information content (AvgIpc) is 2.72. The molecule has 3 aromatic rings. The summed E-state index contributed by atoms with van der Waals surface area (Å²) in [5.74, 6) is 0.254. The lowest BCUT2D eigenvalue weighted by atomic mass is 10.1. The molecule has 1 aliphatic rings. The number of nitrogens with one attached hydrogen (secondary N) is 1. The number of non-ortho nitro benzene ring substituents is 1. The number of phenolic OH excluding ortho intramolecular Hbond substituents is 1. The molecule has 4 rings (SSSR count). The number of carbonyl (C=O) groups excluding carboxylic acids is 1. The first-order valence-corrected chi connectivity index (χ1v) is 8.64. The highest BCUT2D eigenvalue weighted by molar-refractivity contribution is 5.88. The predicted octanol–water partition coefficient (Wildman–Crippen LogP) is 2.74. The zero-order chi connectivity index (χ0) is 20.4. The van der Waals surface area contributed by atoms with Crippen LogP contribution in [0.15, 0.2) is 59.7 Å². The lowest BCUT2D eigenvalue weighted by Crippen LogP contribution is -2.42. The van der Waals surface area contributed by atoms with Gasteiger partial charge in [0.25, 0.3) is 11.6 Å². The number of ether oxygens (including phenoxy) is 2. The van der Waals surface area contributed by atoms with Crippen molar-refractivity contribution in [2.75, 3.05) is 6.61 Å². The molecule has 0 saturated heterocycles. The fraction of sp³-hybridized carbons (Fsp3) is 0.100. The summed E-state index contributed by atoms with van der Waals surface area (Å²) in [6, 6.07) is 14.9. The first-order chi connectivity index (χ1) is 14.0. The Morgan fingerprint density at radius 1 is 1.17 bits per heavy atom. The number of nitro benzene ring substituents is 1. The first-order valence-electron chi connectivity index (χ1n) is 8.64. The van der Waals surface area contributed by atoms with Gasteiger partial charge in [0.1, 0.15) is 12.4 Å². The number of nitrogens with zero attached hydrogens (tertiary/aromatic N) is 2. The van der Waals surface area contributed by atoms with E-state index >= 15 is 0 Å². The molecule has 0 bridgehead atoms. The van der Waals surface area contributed by atoms with Crippen molar-refractivity contribution in [3.05, 3.63) is 70.3 Å². The maximum atomic E-state index is 12.3. The molecule has 1 unspecified atom stereocenters. The van der Waals surface area contributed by atoms with Gasteiger partial charge in [0.2, 0.25) is 6.10 Å². The quantitative estimate of drug-likeness (QED) is 0.399. The van der Waals surface area contributed by atoms with Gasteiger partial charge in [-0.05, 0) is 29.0 Å². The Kier molecular flexibility index (Phi) is 4.70. The molecule has 9 nitrogen and oxygen atoms in total. The summed E-state index contributed by atoms with van der Waals surface area (Å²) in [7, 11) is 0. The van der Waals surface area contributed by atoms with Crippen LogP contribution in [0.2, 0.25) is 0 Å². The van der Waals surface area contributed by atoms with Crippen LogP contribution in [0.4, 0.5) is 5.69 Å². The normalized spacial score (nSPS) is 15.4. The smallest absolute Gasteiger partial charge is 0.284 e. The Bertz CT molecular complexity index is 1140. The van der Waals surface area contributed by atoms with E-state index in [0.29, 0.717) is 11.5 Å². The summed E-state index contributed by atoms with van der Waals surface area (Å²) in [6.45, 7) is 0.00868. The van der Waals surface area contributed by atoms with Gasteiger partial charge in [-0.1, -0.05) is 24.3 Å². The van der Waals surface area contributed by atoms with Crippen molar-refractivity contribution >= 4 is 28.6 Å². The van der Waals surface area contributed by atoms with Crippen molar-refractivity contribution in [3.8, 4) is 17.2 Å². The van der Waals surface area contributed by atoms with Crippen LogP contribution in [-0.2, 0) is 4.79 Å². The van der Waals surface area contributed by atoms with E-state index in [0.717, 1.165) is 23.1 Å². The molecule has 1 atom stereocenters. The summed E-state index contributed by atoms with van der Waals surface area (Å²) < 4.78 is 11.4. The molecule has 0 aromatic heterocycles. The molecule has 1 heterocycles. The Labute approximate surface area is 164 Å². The van der Waals surface area contributed by atoms with Crippen LogP contribution >= 0.6 is 0 Å². The van der Waals surface area contributed by atoms with Crippen molar-refractivity contribution in [3.63, 3.8) is 0 Å². The maximum Gasteiger partial charge on any atom is 0.284 e. The fourth-order valence-corrected chi connectivity index (χ4v) is 2.88. The molecule has 1 aliphatic heterocycles. The minimum Gasteiger partial charge on any atom is -0.507 e. The summed E-state index contributed by atoms with van der Waals surface area (Å²) in [5, 5.41) is 26.3. The van der Waals surface area contributed by atoms with Gasteiger partial charge in [0, 0.05) is 17.7 Å². The molecule has 0 fully saturated rings. The summed E-state index contributed by atoms with van der Waals surface area (Å²) in [6.07, 6.45) is 0.199. The van der Waals surface area contributed by atoms with E-state index in [1.807, 2.05) is 30.3 Å². The molecule has 0 aliphatic carbocycles. The van der Waals surface area contributed by atoms with Crippen LogP contribution in [0, 0.1) is 10.1 Å². The minimum atomic E-state index is -0.917. The molecule has 146 valence electrons. The van der Waals surface area contributed by atoms with Crippen molar-refractivity contribution in [2.45, 2.75) is 6.10 Å². The first kappa shape index (κ1) is 18.2. The van der Waals surface area contributed by atoms with Crippen LogP contribution in [0.25, 0.3) is 10.8 Å². The number of aromatic hydroxyl groups is 1. The van der Waals surface area contributed by atoms with Crippen molar-refractivity contribution < 1.29 is 24.3 Å². The van der Waals surface area contributed by atoms with E-state index in [2.05, 4.69) is 10.5 Å². The zero-order valence-electron chi connectivity index (χ0n) is 14.9. The van der Waals surface area contributed by atoms with Gasteiger partial charge >= 0.3 is 0 Å². The van der Waals surface area contributed by atoms with Crippen molar-refractivity contribution in [1.29, 1.82) is 0 Å². The summed E-state index contributed by atoms with van der Waals surface area (Å²) in [5.41, 5.74) is 2.18. The minimum absolute atomic E-state index is 0.00868. The van der Waals surface area contributed by atoms with Crippen LogP contribution in [-0.4, -0.2) is 34.9 Å². The number of hydrogen-bond acceptors (Lipinski definition) is 7. The predicted molar refractivity (Wildman–Crippen MR) is 104 cm³/mol. The molecule has 9 heteroatoms. The number of nitro groups is 1. The molecule has 3 aromatic carbocycles. The average molecular weight is 393 g/mol. The summed E-state index contributed by atoms with van der Waals surface area (Å²) in [4.78, 5) is 22.5. The lowest BCUT2D eigenvalue weighted by molar-refractivity contribution is -0.384. The third-order valence-corrected chi connectivity index (χ3v) is 4.36. The second-order valence-corrected chi connectivity index (χ2v) is 6.30. The Morgan fingerprint density at radius 2 is 1.90 bits per heavy atom. The maximum absolute atomic E-state index is 12.3. The molecule has 0 spiro atoms. The molecular formula is C20H15N3O6. The Balaban J connectivity index is 1.45. The van der Waals surface area contributed by atoms with Gasteiger partial charge in [0.15, 0.2) is 11.5 Å². The van der Waals surface area contributed by atoms with Gasteiger partial charge < -0.3 is 14.6 Å². The van der Waals surface area contributed by atoms with Gasteiger partial charge in [-0.3, -0.25) is 14.9 Å². The number of benzene rings is 3. The number of carbonyl (C=O) groups is 1. The van der Waals surface area contributed by atoms with Crippen molar-refractivity contribution in [2.24, 2.45) is 5.10 Å².